The van der Waals surface area contributed by atoms with Crippen LogP contribution in [0, 0.1) is 0 Å². The molecule has 1 aliphatic heterocycles. The number of benzene rings is 2. The maximum absolute atomic E-state index is 12.6. The average Bonchev–Trinajstić information content (AvgIpc) is 2.96. The van der Waals surface area contributed by atoms with Gasteiger partial charge in [-0.15, -0.1) is 0 Å². The van der Waals surface area contributed by atoms with E-state index in [1.807, 2.05) is 0 Å². The van der Waals surface area contributed by atoms with Crippen LogP contribution in [0.5, 0.6) is 23.0 Å². The zero-order chi connectivity index (χ0) is 29.8. The number of rotatable bonds is 14. The molecule has 1 atom stereocenters. The van der Waals surface area contributed by atoms with Gasteiger partial charge in [0.2, 0.25) is 0 Å². The Morgan fingerprint density at radius 2 is 1.71 bits per heavy atom. The molecule has 0 saturated carbocycles. The number of unbranched alkanes of at least 4 members (excludes halogenated alkanes) is 1. The van der Waals surface area contributed by atoms with Crippen LogP contribution in [0.25, 0.3) is 0 Å². The Balaban J connectivity index is 1.63. The van der Waals surface area contributed by atoms with Gasteiger partial charge in [0.25, 0.3) is 5.91 Å². The summed E-state index contributed by atoms with van der Waals surface area (Å²) in [5.41, 5.74) is 4.36. The SMILES string of the molecule is CCCCOc1ccc(/C=N\NC(=O)COc2ccc([C@@H]3NC(=O)NC(C)=C3C(=O)OCC)cc2OC)cc1OC. The van der Waals surface area contributed by atoms with E-state index in [0.29, 0.717) is 40.7 Å². The van der Waals surface area contributed by atoms with Crippen LogP contribution in [0.1, 0.15) is 50.8 Å². The zero-order valence-electron chi connectivity index (χ0n) is 23.9. The molecule has 0 bridgehead atoms. The third-order valence-electron chi connectivity index (χ3n) is 5.99. The van der Waals surface area contributed by atoms with E-state index in [9.17, 15) is 14.4 Å². The molecule has 0 saturated heterocycles. The zero-order valence-corrected chi connectivity index (χ0v) is 23.9. The summed E-state index contributed by atoms with van der Waals surface area (Å²) in [4.78, 5) is 37.0. The lowest BCUT2D eigenvalue weighted by Crippen LogP contribution is -2.45. The molecule has 220 valence electrons. The molecule has 0 fully saturated rings. The third-order valence-corrected chi connectivity index (χ3v) is 5.99. The van der Waals surface area contributed by atoms with Gasteiger partial charge in [0.1, 0.15) is 0 Å². The van der Waals surface area contributed by atoms with Crippen LogP contribution in [0.3, 0.4) is 0 Å². The lowest BCUT2D eigenvalue weighted by molar-refractivity contribution is -0.139. The van der Waals surface area contributed by atoms with E-state index in [1.165, 1.54) is 13.3 Å². The number of esters is 1. The van der Waals surface area contributed by atoms with Crippen molar-refractivity contribution in [2.24, 2.45) is 5.10 Å². The van der Waals surface area contributed by atoms with Crippen molar-refractivity contribution in [3.63, 3.8) is 0 Å². The lowest BCUT2D eigenvalue weighted by Gasteiger charge is -2.28. The van der Waals surface area contributed by atoms with Crippen molar-refractivity contribution >= 4 is 24.1 Å². The summed E-state index contributed by atoms with van der Waals surface area (Å²) in [7, 11) is 3.00. The Bertz CT molecular complexity index is 1310. The van der Waals surface area contributed by atoms with Gasteiger partial charge in [0.05, 0.1) is 45.3 Å². The highest BCUT2D eigenvalue weighted by Gasteiger charge is 2.32. The first-order chi connectivity index (χ1) is 19.8. The molecule has 3 N–H and O–H groups in total. The first kappa shape index (κ1) is 30.8. The van der Waals surface area contributed by atoms with Gasteiger partial charge < -0.3 is 34.3 Å². The summed E-state index contributed by atoms with van der Waals surface area (Å²) in [6.45, 7) is 5.87. The van der Waals surface area contributed by atoms with Crippen LogP contribution in [0.15, 0.2) is 52.8 Å². The normalized spacial score (nSPS) is 14.7. The molecule has 12 nitrogen and oxygen atoms in total. The van der Waals surface area contributed by atoms with Crippen molar-refractivity contribution in [2.75, 3.05) is 34.0 Å². The summed E-state index contributed by atoms with van der Waals surface area (Å²) >= 11 is 0. The molecule has 0 aromatic heterocycles. The summed E-state index contributed by atoms with van der Waals surface area (Å²) in [5, 5.41) is 9.30. The summed E-state index contributed by atoms with van der Waals surface area (Å²) < 4.78 is 27.4. The van der Waals surface area contributed by atoms with Gasteiger partial charge in [0, 0.05) is 5.70 Å². The number of nitrogens with zero attached hydrogens (tertiary/aromatic N) is 1. The van der Waals surface area contributed by atoms with Gasteiger partial charge in [-0.2, -0.15) is 5.10 Å². The van der Waals surface area contributed by atoms with Crippen LogP contribution < -0.4 is 35.0 Å². The molecule has 12 heteroatoms. The maximum atomic E-state index is 12.6. The van der Waals surface area contributed by atoms with Crippen LogP contribution in [0.4, 0.5) is 4.79 Å². The molecule has 2 aromatic rings. The number of hydrogen-bond donors (Lipinski definition) is 3. The molecular formula is C29H36N4O8. The number of ether oxygens (including phenoxy) is 5. The molecule has 1 heterocycles. The Kier molecular flexibility index (Phi) is 11.4. The highest BCUT2D eigenvalue weighted by Crippen LogP contribution is 2.34. The fourth-order valence-electron chi connectivity index (χ4n) is 3.97. The van der Waals surface area contributed by atoms with Gasteiger partial charge in [-0.1, -0.05) is 19.4 Å². The summed E-state index contributed by atoms with van der Waals surface area (Å²) in [5.74, 6) is 0.764. The van der Waals surface area contributed by atoms with Crippen molar-refractivity contribution in [3.05, 3.63) is 58.8 Å². The number of hydrogen-bond acceptors (Lipinski definition) is 9. The fourth-order valence-corrected chi connectivity index (χ4v) is 3.97. The Hall–Kier alpha value is -4.74. The van der Waals surface area contributed by atoms with Crippen molar-refractivity contribution < 1.29 is 38.1 Å². The topological polar surface area (TPSA) is 146 Å². The van der Waals surface area contributed by atoms with Crippen molar-refractivity contribution in [1.29, 1.82) is 0 Å². The average molecular weight is 569 g/mol. The van der Waals surface area contributed by atoms with Gasteiger partial charge in [-0.25, -0.2) is 15.0 Å². The van der Waals surface area contributed by atoms with Crippen LogP contribution >= 0.6 is 0 Å². The molecule has 3 amide bonds. The molecule has 0 aliphatic carbocycles. The first-order valence-electron chi connectivity index (χ1n) is 13.2. The minimum Gasteiger partial charge on any atom is -0.493 e. The number of allylic oxidation sites excluding steroid dienone is 1. The number of amides is 3. The van der Waals surface area contributed by atoms with E-state index in [0.717, 1.165) is 12.8 Å². The lowest BCUT2D eigenvalue weighted by atomic mass is 9.95. The number of urea groups is 1. The molecule has 0 radical (unpaired) electrons. The largest absolute Gasteiger partial charge is 0.493 e. The Labute approximate surface area is 239 Å². The Morgan fingerprint density at radius 1 is 1.00 bits per heavy atom. The minimum atomic E-state index is -0.765. The van der Waals surface area contributed by atoms with E-state index in [4.69, 9.17) is 23.7 Å². The maximum Gasteiger partial charge on any atom is 0.338 e. The minimum absolute atomic E-state index is 0.188. The second-order valence-electron chi connectivity index (χ2n) is 8.90. The number of hydrazone groups is 1. The predicted molar refractivity (Wildman–Crippen MR) is 151 cm³/mol. The molecule has 0 unspecified atom stereocenters. The second-order valence-corrected chi connectivity index (χ2v) is 8.90. The molecule has 1 aliphatic rings. The number of carbonyl (C=O) groups is 3. The summed E-state index contributed by atoms with van der Waals surface area (Å²) in [6, 6.07) is 9.01. The van der Waals surface area contributed by atoms with Crippen LogP contribution in [0.2, 0.25) is 0 Å². The smallest absolute Gasteiger partial charge is 0.338 e. The van der Waals surface area contributed by atoms with Crippen LogP contribution in [-0.2, 0) is 14.3 Å². The van der Waals surface area contributed by atoms with E-state index in [1.54, 1.807) is 57.4 Å². The highest BCUT2D eigenvalue weighted by atomic mass is 16.5. The standard InChI is InChI=1S/C29H36N4O8/c1-6-8-13-40-21-11-9-19(14-23(21)37-4)16-30-33-25(34)17-41-22-12-10-20(15-24(22)38-5)27-26(28(35)39-7-2)18(3)31-29(36)32-27/h9-12,14-16,27H,6-8,13,17H2,1-5H3,(H,33,34)(H2,31,32,36)/b30-16-/t27-/m0/s1. The number of nitrogens with one attached hydrogen (secondary N) is 3. The molecule has 0 spiro atoms. The fraction of sp³-hybridized carbons (Fsp3) is 0.379. The number of methoxy groups -OCH3 is 2. The summed E-state index contributed by atoms with van der Waals surface area (Å²) in [6.07, 6.45) is 3.46. The van der Waals surface area contributed by atoms with Gasteiger partial charge in [0.15, 0.2) is 29.6 Å². The van der Waals surface area contributed by atoms with E-state index >= 15 is 0 Å². The van der Waals surface area contributed by atoms with E-state index < -0.39 is 23.9 Å². The predicted octanol–water partition coefficient (Wildman–Crippen LogP) is 3.60. The van der Waals surface area contributed by atoms with Crippen molar-refractivity contribution in [3.8, 4) is 23.0 Å². The Morgan fingerprint density at radius 3 is 2.41 bits per heavy atom. The highest BCUT2D eigenvalue weighted by molar-refractivity contribution is 5.95. The first-order valence-corrected chi connectivity index (χ1v) is 13.2. The molecular weight excluding hydrogens is 532 g/mol. The van der Waals surface area contributed by atoms with Crippen LogP contribution in [-0.4, -0.2) is 58.2 Å². The molecule has 2 aromatic carbocycles. The van der Waals surface area contributed by atoms with E-state index in [-0.39, 0.29) is 24.5 Å². The number of carbonyl (C=O) groups excluding carboxylic acids is 3. The van der Waals surface area contributed by atoms with Gasteiger partial charge in [-0.05, 0) is 61.7 Å². The molecule has 3 rings (SSSR count). The monoisotopic (exact) mass is 568 g/mol. The quantitative estimate of drug-likeness (QED) is 0.136. The van der Waals surface area contributed by atoms with E-state index in [2.05, 4.69) is 28.1 Å². The second kappa shape index (κ2) is 15.2. The third kappa shape index (κ3) is 8.37. The van der Waals surface area contributed by atoms with Gasteiger partial charge in [-0.3, -0.25) is 4.79 Å². The van der Waals surface area contributed by atoms with Crippen molar-refractivity contribution in [1.82, 2.24) is 16.1 Å². The van der Waals surface area contributed by atoms with Crippen molar-refractivity contribution in [2.45, 2.75) is 39.7 Å². The van der Waals surface area contributed by atoms with Gasteiger partial charge >= 0.3 is 12.0 Å². The molecule has 41 heavy (non-hydrogen) atoms.